The van der Waals surface area contributed by atoms with E-state index < -0.39 is 78.2 Å². The lowest BCUT2D eigenvalue weighted by atomic mass is 10.0. The molecule has 2 fully saturated rings. The third-order valence-electron chi connectivity index (χ3n) is 6.37. The van der Waals surface area contributed by atoms with Crippen LogP contribution in [0.3, 0.4) is 0 Å². The van der Waals surface area contributed by atoms with Gasteiger partial charge in [0, 0.05) is 31.1 Å². The standard InChI is InChI=1S/C27H37N3O7S/c1-18(2)15-30(38(33,34)21-10-8-20(28)9-11-21)16-24(31)23(14-19-6-4-3-5-7-19)29-27(32)37-25-17-36-26-22(25)12-13-35-26/h3-11,18,22-26,31H,12-17,28H2,1-2H3,(H,29,32)/t22-,23-,24+,25-,26+/m0/s1/i1D3,2D3,15D2,18D. The predicted molar refractivity (Wildman–Crippen MR) is 142 cm³/mol. The van der Waals surface area contributed by atoms with Crippen molar-refractivity contribution in [3.63, 3.8) is 0 Å². The minimum Gasteiger partial charge on any atom is -0.443 e. The van der Waals surface area contributed by atoms with Crippen LogP contribution in [0.15, 0.2) is 59.5 Å². The zero-order valence-corrected chi connectivity index (χ0v) is 21.3. The Morgan fingerprint density at radius 1 is 1.26 bits per heavy atom. The molecule has 10 nitrogen and oxygen atoms in total. The van der Waals surface area contributed by atoms with Crippen LogP contribution in [0.2, 0.25) is 0 Å². The Morgan fingerprint density at radius 2 is 2.00 bits per heavy atom. The summed E-state index contributed by atoms with van der Waals surface area (Å²) in [7, 11) is -5.19. The van der Waals surface area contributed by atoms with Gasteiger partial charge in [-0.3, -0.25) is 0 Å². The second kappa shape index (κ2) is 12.4. The van der Waals surface area contributed by atoms with Gasteiger partial charge in [0.05, 0.1) is 36.2 Å². The fraction of sp³-hybridized carbons (Fsp3) is 0.519. The molecule has 2 saturated heterocycles. The lowest BCUT2D eigenvalue weighted by Crippen LogP contribution is -2.51. The number of hydrogen-bond donors (Lipinski definition) is 3. The fourth-order valence-electron chi connectivity index (χ4n) is 4.41. The van der Waals surface area contributed by atoms with Crippen LogP contribution in [0, 0.1) is 11.8 Å². The Morgan fingerprint density at radius 3 is 2.71 bits per heavy atom. The van der Waals surface area contributed by atoms with E-state index >= 15 is 0 Å². The number of sulfonamides is 1. The maximum atomic E-state index is 14.0. The van der Waals surface area contributed by atoms with E-state index in [9.17, 15) is 18.3 Å². The van der Waals surface area contributed by atoms with Crippen molar-refractivity contribution in [2.24, 2.45) is 11.8 Å². The van der Waals surface area contributed by atoms with Crippen LogP contribution >= 0.6 is 0 Å². The Kier molecular flexibility index (Phi) is 6.08. The first-order valence-corrected chi connectivity index (χ1v) is 13.4. The average Bonchev–Trinajstić information content (AvgIpc) is 3.59. The number of carbonyl (C=O) groups is 1. The number of rotatable bonds is 11. The largest absolute Gasteiger partial charge is 0.443 e. The van der Waals surface area contributed by atoms with Crippen molar-refractivity contribution in [2.45, 2.75) is 56.0 Å². The van der Waals surface area contributed by atoms with Crippen molar-refractivity contribution < 1.29 is 44.9 Å². The van der Waals surface area contributed by atoms with Crippen LogP contribution < -0.4 is 11.1 Å². The molecule has 2 aliphatic heterocycles. The number of alkyl carbamates (subject to hydrolysis) is 1. The summed E-state index contributed by atoms with van der Waals surface area (Å²) in [5.74, 6) is -4.27. The maximum Gasteiger partial charge on any atom is 0.407 e. The zero-order valence-electron chi connectivity index (χ0n) is 29.4. The van der Waals surface area contributed by atoms with Gasteiger partial charge >= 0.3 is 6.09 Å². The lowest BCUT2D eigenvalue weighted by Gasteiger charge is -2.31. The van der Waals surface area contributed by atoms with Gasteiger partial charge in [-0.15, -0.1) is 0 Å². The van der Waals surface area contributed by atoms with Gasteiger partial charge in [-0.25, -0.2) is 13.2 Å². The summed E-state index contributed by atoms with van der Waals surface area (Å²) in [6.45, 7) is -12.6. The van der Waals surface area contributed by atoms with Gasteiger partial charge in [0.1, 0.15) is 6.10 Å². The highest BCUT2D eigenvalue weighted by molar-refractivity contribution is 7.89. The topological polar surface area (TPSA) is 140 Å². The highest BCUT2D eigenvalue weighted by Crippen LogP contribution is 2.33. The highest BCUT2D eigenvalue weighted by atomic mass is 32.2. The maximum absolute atomic E-state index is 14.0. The van der Waals surface area contributed by atoms with Gasteiger partial charge in [-0.1, -0.05) is 44.0 Å². The van der Waals surface area contributed by atoms with E-state index in [2.05, 4.69) is 5.32 Å². The third kappa shape index (κ3) is 7.03. The first kappa shape index (κ1) is 18.6. The van der Waals surface area contributed by atoms with Crippen LogP contribution in [0.25, 0.3) is 0 Å². The van der Waals surface area contributed by atoms with Gasteiger partial charge in [-0.2, -0.15) is 4.31 Å². The van der Waals surface area contributed by atoms with Crippen LogP contribution in [-0.2, 0) is 30.7 Å². The van der Waals surface area contributed by atoms with Crippen molar-refractivity contribution in [3.8, 4) is 0 Å². The van der Waals surface area contributed by atoms with Gasteiger partial charge in [0.15, 0.2) is 6.29 Å². The average molecular weight is 557 g/mol. The van der Waals surface area contributed by atoms with Crippen LogP contribution in [0.5, 0.6) is 0 Å². The minimum atomic E-state index is -5.19. The molecule has 1 amide bonds. The zero-order chi connectivity index (χ0) is 35.0. The van der Waals surface area contributed by atoms with E-state index in [4.69, 9.17) is 32.3 Å². The summed E-state index contributed by atoms with van der Waals surface area (Å²) in [5.41, 5.74) is 6.36. The molecule has 2 aromatic carbocycles. The number of amides is 1. The minimum absolute atomic E-state index is 0.0539. The van der Waals surface area contributed by atoms with Crippen molar-refractivity contribution in [1.29, 1.82) is 0 Å². The Hall–Kier alpha value is -2.70. The quantitative estimate of drug-likeness (QED) is 0.359. The molecule has 0 unspecified atom stereocenters. The van der Waals surface area contributed by atoms with E-state index in [1.54, 1.807) is 30.3 Å². The number of nitrogen functional groups attached to an aromatic ring is 1. The van der Waals surface area contributed by atoms with Gasteiger partial charge in [0.25, 0.3) is 0 Å². The summed E-state index contributed by atoms with van der Waals surface area (Å²) in [5, 5.41) is 14.0. The van der Waals surface area contributed by atoms with Gasteiger partial charge < -0.3 is 30.4 Å². The van der Waals surface area contributed by atoms with Crippen molar-refractivity contribution >= 4 is 21.8 Å². The first-order valence-electron chi connectivity index (χ1n) is 16.5. The van der Waals surface area contributed by atoms with E-state index in [-0.39, 0.29) is 28.9 Å². The Bertz CT molecular complexity index is 1480. The van der Waals surface area contributed by atoms with Crippen LogP contribution in [-0.4, -0.2) is 74.7 Å². The second-order valence-corrected chi connectivity index (χ2v) is 10.9. The third-order valence-corrected chi connectivity index (χ3v) is 8.06. The number of nitrogens with one attached hydrogen (secondary N) is 1. The SMILES string of the molecule is [2H]C([2H])([2H])C([2H])(C([2H])([2H])[2H])C([2H])([2H])N(C[C@@H](O)[C@H](Cc1ccccc1)NC(=O)O[C@H]1CO[C@H]2OCC[C@H]21)S(=O)(=O)c1ccc(N)cc1. The molecular weight excluding hydrogens is 510 g/mol. The number of hydrogen-bond acceptors (Lipinski definition) is 8. The molecule has 4 N–H and O–H groups in total. The molecule has 11 heteroatoms. The molecule has 208 valence electrons. The molecule has 38 heavy (non-hydrogen) atoms. The van der Waals surface area contributed by atoms with Crippen LogP contribution in [0.4, 0.5) is 10.5 Å². The number of aliphatic hydroxyl groups is 1. The number of ether oxygens (including phenoxy) is 3. The highest BCUT2D eigenvalue weighted by Gasteiger charge is 2.44. The number of nitrogens with two attached hydrogens (primary N) is 1. The smallest absolute Gasteiger partial charge is 0.407 e. The molecule has 0 saturated carbocycles. The van der Waals surface area contributed by atoms with E-state index in [1.165, 1.54) is 12.1 Å². The molecule has 2 heterocycles. The summed E-state index contributed by atoms with van der Waals surface area (Å²) in [6, 6.07) is 11.3. The summed E-state index contributed by atoms with van der Waals surface area (Å²) < 4.78 is 117. The molecule has 0 radical (unpaired) electrons. The van der Waals surface area contributed by atoms with Gasteiger partial charge in [0.2, 0.25) is 10.0 Å². The number of benzene rings is 2. The van der Waals surface area contributed by atoms with Crippen molar-refractivity contribution in [1.82, 2.24) is 9.62 Å². The number of aliphatic hydroxyl groups excluding tert-OH is 1. The fourth-order valence-corrected chi connectivity index (χ4v) is 5.71. The molecule has 2 aliphatic rings. The van der Waals surface area contributed by atoms with Gasteiger partial charge in [-0.05, 0) is 48.6 Å². The molecule has 4 rings (SSSR count). The monoisotopic (exact) mass is 556 g/mol. The molecule has 0 bridgehead atoms. The van der Waals surface area contributed by atoms with Crippen LogP contribution in [0.1, 0.15) is 38.0 Å². The number of anilines is 1. The molecule has 5 atom stereocenters. The predicted octanol–water partition coefficient (Wildman–Crippen LogP) is 2.38. The Balaban J connectivity index is 1.73. The molecule has 0 spiro atoms. The normalized spacial score (nSPS) is 27.6. The van der Waals surface area contributed by atoms with E-state index in [1.807, 2.05) is 0 Å². The van der Waals surface area contributed by atoms with E-state index in [0.29, 0.717) is 18.6 Å². The van der Waals surface area contributed by atoms with E-state index in [0.717, 1.165) is 12.1 Å². The van der Waals surface area contributed by atoms with Crippen molar-refractivity contribution in [2.75, 3.05) is 32.0 Å². The lowest BCUT2D eigenvalue weighted by molar-refractivity contribution is -0.0907. The second-order valence-electron chi connectivity index (χ2n) is 9.07. The first-order chi connectivity index (χ1) is 21.7. The number of fused-ring (bicyclic) bond motifs is 1. The molecular formula is C27H37N3O7S. The Labute approximate surface area is 236 Å². The molecule has 2 aromatic rings. The number of carbonyl (C=O) groups excluding carboxylic acids is 1. The molecule has 0 aliphatic carbocycles. The van der Waals surface area contributed by atoms with Crippen molar-refractivity contribution in [3.05, 3.63) is 60.2 Å². The summed E-state index contributed by atoms with van der Waals surface area (Å²) in [4.78, 5) is 12.5. The summed E-state index contributed by atoms with van der Waals surface area (Å²) in [6.07, 6.45) is -3.79. The number of nitrogens with zero attached hydrogens (tertiary/aromatic N) is 1. The summed E-state index contributed by atoms with van der Waals surface area (Å²) >= 11 is 0. The molecule has 0 aromatic heterocycles.